The van der Waals surface area contributed by atoms with E-state index in [1.807, 2.05) is 32.0 Å². The number of benzene rings is 2. The van der Waals surface area contributed by atoms with Crippen LogP contribution in [0.5, 0.6) is 0 Å². The largest absolute Gasteiger partial charge is 0.325 e. The lowest BCUT2D eigenvalue weighted by molar-refractivity contribution is -0.117. The number of aryl methyl sites for hydroxylation is 1. The molecule has 1 aromatic heterocycles. The van der Waals surface area contributed by atoms with Gasteiger partial charge in [-0.15, -0.1) is 10.2 Å². The zero-order valence-electron chi connectivity index (χ0n) is 14.0. The lowest BCUT2D eigenvalue weighted by Crippen LogP contribution is -2.24. The van der Waals surface area contributed by atoms with Gasteiger partial charge in [0.25, 0.3) is 0 Å². The van der Waals surface area contributed by atoms with Gasteiger partial charge in [0.2, 0.25) is 5.91 Å². The molecular formula is C18H18FN5O. The quantitative estimate of drug-likeness (QED) is 0.749. The van der Waals surface area contributed by atoms with Gasteiger partial charge in [-0.05, 0) is 55.2 Å². The molecule has 0 aliphatic heterocycles. The first-order valence-electron chi connectivity index (χ1n) is 7.89. The van der Waals surface area contributed by atoms with Crippen molar-refractivity contribution >= 4 is 11.6 Å². The molecular weight excluding hydrogens is 321 g/mol. The second kappa shape index (κ2) is 7.21. The van der Waals surface area contributed by atoms with E-state index in [4.69, 9.17) is 0 Å². The van der Waals surface area contributed by atoms with Crippen LogP contribution in [0.2, 0.25) is 0 Å². The van der Waals surface area contributed by atoms with E-state index >= 15 is 0 Å². The second-order valence-electron chi connectivity index (χ2n) is 5.89. The van der Waals surface area contributed by atoms with Crippen molar-refractivity contribution in [3.63, 3.8) is 0 Å². The minimum absolute atomic E-state index is 0.237. The number of halogens is 1. The Labute approximate surface area is 144 Å². The highest BCUT2D eigenvalue weighted by atomic mass is 19.1. The Balaban J connectivity index is 1.85. The van der Waals surface area contributed by atoms with Crippen LogP contribution in [0.1, 0.15) is 28.4 Å². The van der Waals surface area contributed by atoms with E-state index in [9.17, 15) is 9.18 Å². The number of nitrogens with zero attached hydrogens (tertiary/aromatic N) is 3. The maximum Gasteiger partial charge on any atom is 0.235 e. The molecule has 0 radical (unpaired) electrons. The van der Waals surface area contributed by atoms with Crippen LogP contribution in [0.4, 0.5) is 10.1 Å². The zero-order valence-corrected chi connectivity index (χ0v) is 14.0. The Morgan fingerprint density at radius 3 is 2.64 bits per heavy atom. The van der Waals surface area contributed by atoms with Crippen LogP contribution in [0, 0.1) is 19.7 Å². The highest BCUT2D eigenvalue weighted by Crippen LogP contribution is 2.23. The van der Waals surface area contributed by atoms with Gasteiger partial charge in [-0.3, -0.25) is 4.79 Å². The highest BCUT2D eigenvalue weighted by molar-refractivity contribution is 5.96. The van der Waals surface area contributed by atoms with E-state index in [0.717, 1.165) is 22.4 Å². The van der Waals surface area contributed by atoms with E-state index in [0.29, 0.717) is 12.2 Å². The predicted molar refractivity (Wildman–Crippen MR) is 91.6 cm³/mol. The first-order chi connectivity index (χ1) is 12.0. The molecule has 1 unspecified atom stereocenters. The summed E-state index contributed by atoms with van der Waals surface area (Å²) in [7, 11) is 0. The van der Waals surface area contributed by atoms with Crippen molar-refractivity contribution < 1.29 is 9.18 Å². The second-order valence-corrected chi connectivity index (χ2v) is 5.89. The maximum absolute atomic E-state index is 13.1. The Morgan fingerprint density at radius 1 is 1.20 bits per heavy atom. The Bertz CT molecular complexity index is 862. The average Bonchev–Trinajstić information content (AvgIpc) is 3.12. The molecule has 2 N–H and O–H groups in total. The van der Waals surface area contributed by atoms with Gasteiger partial charge in [0, 0.05) is 5.69 Å². The van der Waals surface area contributed by atoms with Gasteiger partial charge in [0.05, 0.1) is 0 Å². The number of tetrazole rings is 1. The molecule has 0 aliphatic rings. The van der Waals surface area contributed by atoms with Gasteiger partial charge < -0.3 is 5.32 Å². The average molecular weight is 339 g/mol. The number of carbonyl (C=O) groups is 1. The number of rotatable bonds is 5. The Kier molecular flexibility index (Phi) is 4.83. The number of carbonyl (C=O) groups excluding carboxylic acids is 1. The lowest BCUT2D eigenvalue weighted by atomic mass is 9.97. The molecule has 1 heterocycles. The number of anilines is 1. The molecule has 128 valence electrons. The predicted octanol–water partition coefficient (Wildman–Crippen LogP) is 2.92. The fraction of sp³-hybridized carbons (Fsp3) is 0.222. The number of amides is 1. The fourth-order valence-corrected chi connectivity index (χ4v) is 2.58. The summed E-state index contributed by atoms with van der Waals surface area (Å²) in [6, 6.07) is 11.8. The van der Waals surface area contributed by atoms with Crippen LogP contribution >= 0.6 is 0 Å². The number of hydrogen-bond acceptors (Lipinski definition) is 4. The van der Waals surface area contributed by atoms with Crippen LogP contribution in [-0.2, 0) is 11.2 Å². The molecule has 1 amide bonds. The molecule has 6 nitrogen and oxygen atoms in total. The smallest absolute Gasteiger partial charge is 0.235 e. The van der Waals surface area contributed by atoms with Gasteiger partial charge in [-0.1, -0.05) is 29.5 Å². The third kappa shape index (κ3) is 3.88. The monoisotopic (exact) mass is 339 g/mol. The van der Waals surface area contributed by atoms with Gasteiger partial charge in [-0.2, -0.15) is 5.21 Å². The fourth-order valence-electron chi connectivity index (χ4n) is 2.58. The maximum atomic E-state index is 13.1. The van der Waals surface area contributed by atoms with Gasteiger partial charge in [0.1, 0.15) is 11.7 Å². The molecule has 0 bridgehead atoms. The molecule has 0 saturated heterocycles. The van der Waals surface area contributed by atoms with Gasteiger partial charge >= 0.3 is 0 Å². The summed E-state index contributed by atoms with van der Waals surface area (Å²) in [6.07, 6.45) is 0.344. The van der Waals surface area contributed by atoms with E-state index < -0.39 is 5.92 Å². The minimum Gasteiger partial charge on any atom is -0.325 e. The molecule has 0 saturated carbocycles. The van der Waals surface area contributed by atoms with Crippen molar-refractivity contribution in [1.29, 1.82) is 0 Å². The van der Waals surface area contributed by atoms with Crippen molar-refractivity contribution in [2.24, 2.45) is 0 Å². The lowest BCUT2D eigenvalue weighted by Gasteiger charge is -2.16. The topological polar surface area (TPSA) is 83.6 Å². The summed E-state index contributed by atoms with van der Waals surface area (Å²) < 4.78 is 13.1. The van der Waals surface area contributed by atoms with Crippen molar-refractivity contribution in [3.05, 3.63) is 70.8 Å². The zero-order chi connectivity index (χ0) is 17.8. The summed E-state index contributed by atoms with van der Waals surface area (Å²) in [4.78, 5) is 12.8. The third-order valence-corrected chi connectivity index (χ3v) is 4.21. The SMILES string of the molecule is Cc1cccc(NC(=O)C(Cc2ccc(F)cc2)c2nn[nH]n2)c1C. The number of aromatic nitrogens is 4. The summed E-state index contributed by atoms with van der Waals surface area (Å²) in [5.74, 6) is -0.893. The van der Waals surface area contributed by atoms with E-state index in [1.165, 1.54) is 12.1 Å². The van der Waals surface area contributed by atoms with Crippen LogP contribution in [-0.4, -0.2) is 26.5 Å². The molecule has 25 heavy (non-hydrogen) atoms. The summed E-state index contributed by atoms with van der Waals surface area (Å²) >= 11 is 0. The summed E-state index contributed by atoms with van der Waals surface area (Å²) in [6.45, 7) is 3.94. The Morgan fingerprint density at radius 2 is 1.96 bits per heavy atom. The van der Waals surface area contributed by atoms with Crippen molar-refractivity contribution in [3.8, 4) is 0 Å². The molecule has 3 aromatic rings. The number of nitrogens with one attached hydrogen (secondary N) is 2. The summed E-state index contributed by atoms with van der Waals surface area (Å²) in [5, 5.41) is 16.8. The van der Waals surface area contributed by atoms with Crippen molar-refractivity contribution in [2.75, 3.05) is 5.32 Å². The minimum atomic E-state index is -0.635. The van der Waals surface area contributed by atoms with Crippen LogP contribution < -0.4 is 5.32 Å². The molecule has 1 atom stereocenters. The highest BCUT2D eigenvalue weighted by Gasteiger charge is 2.26. The van der Waals surface area contributed by atoms with Crippen LogP contribution in [0.15, 0.2) is 42.5 Å². The van der Waals surface area contributed by atoms with Crippen LogP contribution in [0.3, 0.4) is 0 Å². The number of H-pyrrole nitrogens is 1. The first kappa shape index (κ1) is 16.8. The third-order valence-electron chi connectivity index (χ3n) is 4.21. The molecule has 0 aliphatic carbocycles. The van der Waals surface area contributed by atoms with Gasteiger partial charge in [0.15, 0.2) is 5.82 Å². The van der Waals surface area contributed by atoms with Crippen molar-refractivity contribution in [2.45, 2.75) is 26.2 Å². The van der Waals surface area contributed by atoms with Crippen LogP contribution in [0.25, 0.3) is 0 Å². The van der Waals surface area contributed by atoms with E-state index in [-0.39, 0.29) is 11.7 Å². The molecule has 0 fully saturated rings. The molecule has 2 aromatic carbocycles. The Hall–Kier alpha value is -3.09. The molecule has 7 heteroatoms. The van der Waals surface area contributed by atoms with E-state index in [1.54, 1.807) is 12.1 Å². The standard InChI is InChI=1S/C18H18FN5O/c1-11-4-3-5-16(12(11)2)20-18(25)15(17-21-23-24-22-17)10-13-6-8-14(19)9-7-13/h3-9,15H,10H2,1-2H3,(H,20,25)(H,21,22,23,24). The number of aromatic amines is 1. The van der Waals surface area contributed by atoms with Crippen molar-refractivity contribution in [1.82, 2.24) is 20.6 Å². The summed E-state index contributed by atoms with van der Waals surface area (Å²) in [5.41, 5.74) is 3.65. The molecule has 3 rings (SSSR count). The normalized spacial score (nSPS) is 12.0. The first-order valence-corrected chi connectivity index (χ1v) is 7.89. The van der Waals surface area contributed by atoms with E-state index in [2.05, 4.69) is 25.9 Å². The molecule has 0 spiro atoms. The van der Waals surface area contributed by atoms with Gasteiger partial charge in [-0.25, -0.2) is 4.39 Å². The number of hydrogen-bond donors (Lipinski definition) is 2.